The Bertz CT molecular complexity index is 451. The molecule has 118 valence electrons. The van der Waals surface area contributed by atoms with E-state index in [2.05, 4.69) is 22.0 Å². The van der Waals surface area contributed by atoms with Crippen LogP contribution in [0.3, 0.4) is 0 Å². The van der Waals surface area contributed by atoms with E-state index in [0.717, 1.165) is 19.4 Å². The summed E-state index contributed by atoms with van der Waals surface area (Å²) >= 11 is 0. The van der Waals surface area contributed by atoms with Crippen molar-refractivity contribution in [1.29, 1.82) is 0 Å². The summed E-state index contributed by atoms with van der Waals surface area (Å²) in [5, 5.41) is 3.05. The van der Waals surface area contributed by atoms with E-state index in [1.807, 2.05) is 0 Å². The number of rotatable bonds is 5. The molecule has 0 amide bonds. The van der Waals surface area contributed by atoms with E-state index in [1.165, 1.54) is 25.0 Å². The fourth-order valence-electron chi connectivity index (χ4n) is 2.71. The van der Waals surface area contributed by atoms with Crippen molar-refractivity contribution in [2.24, 2.45) is 0 Å². The second kappa shape index (κ2) is 7.02. The molecule has 2 rings (SSSR count). The van der Waals surface area contributed by atoms with E-state index in [-0.39, 0.29) is 5.75 Å². The highest BCUT2D eigenvalue weighted by Crippen LogP contribution is 2.30. The van der Waals surface area contributed by atoms with Gasteiger partial charge in [0.1, 0.15) is 0 Å². The third-order valence-corrected chi connectivity index (χ3v) is 3.83. The molecule has 0 saturated carbocycles. The molecule has 0 aliphatic carbocycles. The van der Waals surface area contributed by atoms with Gasteiger partial charge < -0.3 is 15.0 Å². The first-order chi connectivity index (χ1) is 9.96. The SMILES string of the molecule is CN1CCCCC1CCNc1ccccc1OC(F)(F)F. The quantitative estimate of drug-likeness (QED) is 0.893. The Morgan fingerprint density at radius 2 is 2.05 bits per heavy atom. The minimum absolute atomic E-state index is 0.179. The van der Waals surface area contributed by atoms with Gasteiger partial charge in [0.2, 0.25) is 0 Å². The van der Waals surface area contributed by atoms with Crippen LogP contribution < -0.4 is 10.1 Å². The number of halogens is 3. The summed E-state index contributed by atoms with van der Waals surface area (Å²) in [5.74, 6) is -0.179. The van der Waals surface area contributed by atoms with Crippen LogP contribution >= 0.6 is 0 Å². The van der Waals surface area contributed by atoms with Gasteiger partial charge >= 0.3 is 6.36 Å². The smallest absolute Gasteiger partial charge is 0.404 e. The largest absolute Gasteiger partial charge is 0.573 e. The van der Waals surface area contributed by atoms with Gasteiger partial charge in [-0.05, 0) is 45.0 Å². The predicted molar refractivity (Wildman–Crippen MR) is 76.5 cm³/mol. The summed E-state index contributed by atoms with van der Waals surface area (Å²) in [4.78, 5) is 2.32. The maximum Gasteiger partial charge on any atom is 0.573 e. The molecule has 1 unspecified atom stereocenters. The molecule has 6 heteroatoms. The normalized spacial score (nSPS) is 20.3. The molecule has 3 nitrogen and oxygen atoms in total. The lowest BCUT2D eigenvalue weighted by Crippen LogP contribution is -2.37. The monoisotopic (exact) mass is 302 g/mol. The van der Waals surface area contributed by atoms with Crippen molar-refractivity contribution >= 4 is 5.69 Å². The van der Waals surface area contributed by atoms with E-state index in [0.29, 0.717) is 18.3 Å². The van der Waals surface area contributed by atoms with Crippen molar-refractivity contribution < 1.29 is 17.9 Å². The van der Waals surface area contributed by atoms with Gasteiger partial charge in [0.25, 0.3) is 0 Å². The lowest BCUT2D eigenvalue weighted by Gasteiger charge is -2.32. The summed E-state index contributed by atoms with van der Waals surface area (Å²) in [5.41, 5.74) is 0.383. The number of benzene rings is 1. The number of anilines is 1. The Kier molecular flexibility index (Phi) is 5.33. The molecular weight excluding hydrogens is 281 g/mol. The number of nitrogens with one attached hydrogen (secondary N) is 1. The first-order valence-electron chi connectivity index (χ1n) is 7.24. The molecule has 1 aliphatic heterocycles. The number of hydrogen-bond donors (Lipinski definition) is 1. The van der Waals surface area contributed by atoms with E-state index in [9.17, 15) is 13.2 Å². The molecular formula is C15H21F3N2O. The number of alkyl halides is 3. The zero-order valence-electron chi connectivity index (χ0n) is 12.1. The number of nitrogens with zero attached hydrogens (tertiary/aromatic N) is 1. The average molecular weight is 302 g/mol. The van der Waals surface area contributed by atoms with E-state index in [1.54, 1.807) is 12.1 Å². The van der Waals surface area contributed by atoms with Crippen molar-refractivity contribution in [3.63, 3.8) is 0 Å². The zero-order valence-corrected chi connectivity index (χ0v) is 12.1. The summed E-state index contributed by atoms with van der Waals surface area (Å²) in [6, 6.07) is 6.65. The molecule has 0 aromatic heterocycles. The molecule has 21 heavy (non-hydrogen) atoms. The third kappa shape index (κ3) is 5.12. The van der Waals surface area contributed by atoms with Gasteiger partial charge in [-0.2, -0.15) is 0 Å². The van der Waals surface area contributed by atoms with Gasteiger partial charge in [-0.3, -0.25) is 0 Å². The number of likely N-dealkylation sites (tertiary alicyclic amines) is 1. The third-order valence-electron chi connectivity index (χ3n) is 3.83. The highest BCUT2D eigenvalue weighted by Gasteiger charge is 2.32. The van der Waals surface area contributed by atoms with Gasteiger partial charge in [0.15, 0.2) is 5.75 Å². The van der Waals surface area contributed by atoms with Crippen molar-refractivity contribution in [2.75, 3.05) is 25.5 Å². The predicted octanol–water partition coefficient (Wildman–Crippen LogP) is 3.87. The molecule has 1 aromatic carbocycles. The molecule has 0 radical (unpaired) electrons. The Labute approximate surface area is 123 Å². The number of ether oxygens (including phenoxy) is 1. The van der Waals surface area contributed by atoms with Crippen molar-refractivity contribution in [1.82, 2.24) is 4.90 Å². The zero-order chi connectivity index (χ0) is 15.3. The Morgan fingerprint density at radius 3 is 2.76 bits per heavy atom. The van der Waals surface area contributed by atoms with E-state index in [4.69, 9.17) is 0 Å². The maximum atomic E-state index is 12.3. The van der Waals surface area contributed by atoms with Crippen molar-refractivity contribution in [3.05, 3.63) is 24.3 Å². The van der Waals surface area contributed by atoms with Crippen LogP contribution in [-0.4, -0.2) is 37.4 Å². The van der Waals surface area contributed by atoms with E-state index >= 15 is 0 Å². The first kappa shape index (κ1) is 15.9. The molecule has 1 heterocycles. The van der Waals surface area contributed by atoms with Crippen LogP contribution in [0.2, 0.25) is 0 Å². The molecule has 1 saturated heterocycles. The summed E-state index contributed by atoms with van der Waals surface area (Å²) in [6.45, 7) is 1.73. The molecule has 1 N–H and O–H groups in total. The fraction of sp³-hybridized carbons (Fsp3) is 0.600. The average Bonchev–Trinajstić information content (AvgIpc) is 2.41. The minimum atomic E-state index is -4.67. The summed E-state index contributed by atoms with van der Waals surface area (Å²) < 4.78 is 41.0. The fourth-order valence-corrected chi connectivity index (χ4v) is 2.71. The van der Waals surface area contributed by atoms with Crippen LogP contribution in [0.5, 0.6) is 5.75 Å². The van der Waals surface area contributed by atoms with Crippen LogP contribution in [0.4, 0.5) is 18.9 Å². The Hall–Kier alpha value is -1.43. The van der Waals surface area contributed by atoms with Gasteiger partial charge in [-0.25, -0.2) is 0 Å². The summed E-state index contributed by atoms with van der Waals surface area (Å²) in [6.07, 6.45) is -0.150. The summed E-state index contributed by atoms with van der Waals surface area (Å²) in [7, 11) is 2.10. The number of para-hydroxylation sites is 2. The van der Waals surface area contributed by atoms with Crippen LogP contribution in [0.1, 0.15) is 25.7 Å². The van der Waals surface area contributed by atoms with Gasteiger partial charge in [-0.15, -0.1) is 13.2 Å². The van der Waals surface area contributed by atoms with E-state index < -0.39 is 6.36 Å². The lowest BCUT2D eigenvalue weighted by molar-refractivity contribution is -0.274. The van der Waals surface area contributed by atoms with Gasteiger partial charge in [0, 0.05) is 12.6 Å². The highest BCUT2D eigenvalue weighted by molar-refractivity contribution is 5.56. The standard InChI is InChI=1S/C15H21F3N2O/c1-20-11-5-4-6-12(20)9-10-19-13-7-2-3-8-14(13)21-15(16,17)18/h2-3,7-8,12,19H,4-6,9-11H2,1H3. The molecule has 1 aromatic rings. The number of piperidine rings is 1. The molecule has 1 fully saturated rings. The number of hydrogen-bond acceptors (Lipinski definition) is 3. The van der Waals surface area contributed by atoms with Crippen LogP contribution in [0.15, 0.2) is 24.3 Å². The highest BCUT2D eigenvalue weighted by atomic mass is 19.4. The lowest BCUT2D eigenvalue weighted by atomic mass is 10.0. The molecule has 1 aliphatic rings. The topological polar surface area (TPSA) is 24.5 Å². The Morgan fingerprint density at radius 1 is 1.29 bits per heavy atom. The Balaban J connectivity index is 1.88. The second-order valence-electron chi connectivity index (χ2n) is 5.39. The molecule has 0 bridgehead atoms. The van der Waals surface area contributed by atoms with Crippen LogP contribution in [0.25, 0.3) is 0 Å². The first-order valence-corrected chi connectivity index (χ1v) is 7.24. The van der Waals surface area contributed by atoms with Crippen molar-refractivity contribution in [3.8, 4) is 5.75 Å². The van der Waals surface area contributed by atoms with Gasteiger partial charge in [0.05, 0.1) is 5.69 Å². The van der Waals surface area contributed by atoms with Gasteiger partial charge in [-0.1, -0.05) is 18.6 Å². The minimum Gasteiger partial charge on any atom is -0.404 e. The molecule has 1 atom stereocenters. The maximum absolute atomic E-state index is 12.3. The molecule has 0 spiro atoms. The van der Waals surface area contributed by atoms with Crippen LogP contribution in [-0.2, 0) is 0 Å². The second-order valence-corrected chi connectivity index (χ2v) is 5.39. The van der Waals surface area contributed by atoms with Crippen LogP contribution in [0, 0.1) is 0 Å². The van der Waals surface area contributed by atoms with Crippen molar-refractivity contribution in [2.45, 2.75) is 38.1 Å².